The summed E-state index contributed by atoms with van der Waals surface area (Å²) in [6.45, 7) is 3.33. The molecule has 154 valence electrons. The van der Waals surface area contributed by atoms with Gasteiger partial charge in [0.05, 0.1) is 4.90 Å². The molecular formula is C21H22ClFN2O3S. The van der Waals surface area contributed by atoms with Crippen LogP contribution in [0.15, 0.2) is 41.3 Å². The highest BCUT2D eigenvalue weighted by Gasteiger charge is 2.39. The van der Waals surface area contributed by atoms with E-state index >= 15 is 0 Å². The van der Waals surface area contributed by atoms with Crippen LogP contribution in [0, 0.1) is 5.82 Å². The number of sulfonamides is 1. The average Bonchev–Trinajstić information content (AvgIpc) is 3.41. The maximum absolute atomic E-state index is 14.3. The second kappa shape index (κ2) is 7.38. The molecule has 1 amide bonds. The zero-order chi connectivity index (χ0) is 20.9. The number of anilines is 1. The van der Waals surface area contributed by atoms with Crippen LogP contribution in [0.2, 0.25) is 5.02 Å². The normalized spacial score (nSPS) is 18.9. The first kappa shape index (κ1) is 20.3. The molecule has 0 unspecified atom stereocenters. The largest absolute Gasteiger partial charge is 0.309 e. The quantitative estimate of drug-likeness (QED) is 0.708. The van der Waals surface area contributed by atoms with E-state index < -0.39 is 15.8 Å². The topological polar surface area (TPSA) is 57.7 Å². The number of rotatable bonds is 5. The third kappa shape index (κ3) is 3.67. The molecule has 0 spiro atoms. The van der Waals surface area contributed by atoms with Gasteiger partial charge in [-0.2, -0.15) is 4.31 Å². The second-order valence-electron chi connectivity index (χ2n) is 7.71. The molecule has 0 radical (unpaired) electrons. The molecule has 4 rings (SSSR count). The van der Waals surface area contributed by atoms with Crippen molar-refractivity contribution in [3.05, 3.63) is 58.4 Å². The van der Waals surface area contributed by atoms with Gasteiger partial charge in [-0.15, -0.1) is 0 Å². The van der Waals surface area contributed by atoms with Gasteiger partial charge in [-0.1, -0.05) is 17.7 Å². The van der Waals surface area contributed by atoms with Crippen LogP contribution in [0.1, 0.15) is 37.8 Å². The van der Waals surface area contributed by atoms with E-state index in [9.17, 15) is 17.6 Å². The van der Waals surface area contributed by atoms with Crippen LogP contribution in [0.5, 0.6) is 0 Å². The van der Waals surface area contributed by atoms with E-state index in [1.54, 1.807) is 23.1 Å². The summed E-state index contributed by atoms with van der Waals surface area (Å²) in [6.07, 6.45) is 2.08. The summed E-state index contributed by atoms with van der Waals surface area (Å²) >= 11 is 6.13. The first-order valence-electron chi connectivity index (χ1n) is 9.57. The van der Waals surface area contributed by atoms with Crippen molar-refractivity contribution in [2.75, 3.05) is 4.90 Å². The lowest BCUT2D eigenvalue weighted by Crippen LogP contribution is -2.33. The van der Waals surface area contributed by atoms with Gasteiger partial charge in [0.25, 0.3) is 0 Å². The number of benzene rings is 2. The Morgan fingerprint density at radius 3 is 2.62 bits per heavy atom. The molecule has 0 aromatic heterocycles. The minimum absolute atomic E-state index is 0.0165. The summed E-state index contributed by atoms with van der Waals surface area (Å²) in [5.41, 5.74) is 1.76. The lowest BCUT2D eigenvalue weighted by atomic mass is 10.1. The fourth-order valence-electron chi connectivity index (χ4n) is 4.00. The minimum atomic E-state index is -3.84. The fraction of sp³-hybridized carbons (Fsp3) is 0.381. The molecule has 8 heteroatoms. The highest BCUT2D eigenvalue weighted by atomic mass is 35.5. The Balaban J connectivity index is 1.70. The molecule has 5 nitrogen and oxygen atoms in total. The van der Waals surface area contributed by atoms with Crippen LogP contribution in [0.4, 0.5) is 10.1 Å². The van der Waals surface area contributed by atoms with Gasteiger partial charge in [0.15, 0.2) is 0 Å². The van der Waals surface area contributed by atoms with Crippen LogP contribution in [0.3, 0.4) is 0 Å². The van der Waals surface area contributed by atoms with Gasteiger partial charge in [-0.25, -0.2) is 12.8 Å². The maximum atomic E-state index is 14.3. The number of carbonyl (C=O) groups excluding carboxylic acids is 1. The van der Waals surface area contributed by atoms with Gasteiger partial charge in [-0.3, -0.25) is 4.79 Å². The molecule has 29 heavy (non-hydrogen) atoms. The van der Waals surface area contributed by atoms with Crippen LogP contribution < -0.4 is 4.90 Å². The predicted octanol–water partition coefficient (Wildman–Crippen LogP) is 4.13. The highest BCUT2D eigenvalue weighted by molar-refractivity contribution is 7.89. The third-order valence-corrected chi connectivity index (χ3v) is 7.79. The molecule has 2 aromatic rings. The van der Waals surface area contributed by atoms with Gasteiger partial charge >= 0.3 is 0 Å². The Hall–Kier alpha value is -1.96. The van der Waals surface area contributed by atoms with Gasteiger partial charge in [-0.05, 0) is 62.1 Å². The van der Waals surface area contributed by atoms with Crippen LogP contribution in [0.25, 0.3) is 0 Å². The number of nitrogens with zero attached hydrogens (tertiary/aromatic N) is 2. The summed E-state index contributed by atoms with van der Waals surface area (Å²) in [4.78, 5) is 13.8. The van der Waals surface area contributed by atoms with Gasteiger partial charge in [0, 0.05) is 41.8 Å². The van der Waals surface area contributed by atoms with Gasteiger partial charge < -0.3 is 4.90 Å². The van der Waals surface area contributed by atoms with Crippen LogP contribution >= 0.6 is 11.6 Å². The summed E-state index contributed by atoms with van der Waals surface area (Å²) in [7, 11) is -3.84. The molecule has 0 saturated heterocycles. The molecule has 1 heterocycles. The molecule has 0 bridgehead atoms. The number of hydrogen-bond donors (Lipinski definition) is 0. The van der Waals surface area contributed by atoms with Crippen LogP contribution in [-0.2, 0) is 27.8 Å². The SMILES string of the molecule is CC(=O)N1c2ccc(S(=O)(=O)N(Cc3c(F)cccc3Cl)C3CC3)cc2C[C@@H]1C. The molecule has 2 aliphatic rings. The van der Waals surface area contributed by atoms with Gasteiger partial charge in [0.2, 0.25) is 15.9 Å². The molecule has 1 fully saturated rings. The van der Waals surface area contributed by atoms with Crippen LogP contribution in [-0.4, -0.2) is 30.7 Å². The molecular weight excluding hydrogens is 415 g/mol. The summed E-state index contributed by atoms with van der Waals surface area (Å²) in [5, 5.41) is 0.214. The van der Waals surface area contributed by atoms with Crippen molar-refractivity contribution in [3.63, 3.8) is 0 Å². The Morgan fingerprint density at radius 1 is 1.28 bits per heavy atom. The molecule has 2 aromatic carbocycles. The Bertz CT molecular complexity index is 1070. The number of fused-ring (bicyclic) bond motifs is 1. The fourth-order valence-corrected chi connectivity index (χ4v) is 5.92. The zero-order valence-corrected chi connectivity index (χ0v) is 17.8. The monoisotopic (exact) mass is 436 g/mol. The van der Waals surface area contributed by atoms with E-state index in [1.807, 2.05) is 6.92 Å². The van der Waals surface area contributed by atoms with E-state index in [2.05, 4.69) is 0 Å². The molecule has 1 atom stereocenters. The Morgan fingerprint density at radius 2 is 2.00 bits per heavy atom. The Kier molecular flexibility index (Phi) is 5.17. The van der Waals surface area contributed by atoms with Crippen molar-refractivity contribution in [1.82, 2.24) is 4.31 Å². The summed E-state index contributed by atoms with van der Waals surface area (Å²) in [6, 6.07) is 9.03. The van der Waals surface area contributed by atoms with E-state index in [-0.39, 0.29) is 40.0 Å². The van der Waals surface area contributed by atoms with E-state index in [0.29, 0.717) is 6.42 Å². The number of hydrogen-bond acceptors (Lipinski definition) is 3. The molecule has 0 N–H and O–H groups in total. The van der Waals surface area contributed by atoms with E-state index in [0.717, 1.165) is 24.1 Å². The number of halogens is 2. The lowest BCUT2D eigenvalue weighted by molar-refractivity contribution is -0.116. The second-order valence-corrected chi connectivity index (χ2v) is 10.0. The van der Waals surface area contributed by atoms with Crippen molar-refractivity contribution in [3.8, 4) is 0 Å². The van der Waals surface area contributed by atoms with Crippen molar-refractivity contribution in [2.45, 2.75) is 56.6 Å². The average molecular weight is 437 g/mol. The summed E-state index contributed by atoms with van der Waals surface area (Å²) < 4.78 is 42.5. The molecule has 1 aliphatic carbocycles. The van der Waals surface area contributed by atoms with Gasteiger partial charge in [0.1, 0.15) is 5.82 Å². The molecule has 1 saturated carbocycles. The predicted molar refractivity (Wildman–Crippen MR) is 110 cm³/mol. The molecule has 1 aliphatic heterocycles. The van der Waals surface area contributed by atoms with E-state index in [1.165, 1.54) is 29.4 Å². The number of amides is 1. The minimum Gasteiger partial charge on any atom is -0.309 e. The van der Waals surface area contributed by atoms with Crippen molar-refractivity contribution >= 4 is 33.2 Å². The third-order valence-electron chi connectivity index (χ3n) is 5.54. The van der Waals surface area contributed by atoms with Crippen molar-refractivity contribution in [1.29, 1.82) is 0 Å². The first-order valence-corrected chi connectivity index (χ1v) is 11.4. The van der Waals surface area contributed by atoms with Crippen molar-refractivity contribution < 1.29 is 17.6 Å². The smallest absolute Gasteiger partial charge is 0.243 e. The number of carbonyl (C=O) groups is 1. The standard InChI is InChI=1S/C21H22ClFN2O3S/c1-13-10-15-11-17(8-9-21(15)25(13)14(2)26)29(27,28)24(16-6-7-16)12-18-19(22)4-3-5-20(18)23/h3-5,8-9,11,13,16H,6-7,10,12H2,1-2H3/t13-/m0/s1. The maximum Gasteiger partial charge on any atom is 0.243 e. The summed E-state index contributed by atoms with van der Waals surface area (Å²) in [5.74, 6) is -0.584. The lowest BCUT2D eigenvalue weighted by Gasteiger charge is -2.24. The van der Waals surface area contributed by atoms with Crippen molar-refractivity contribution in [2.24, 2.45) is 0 Å². The van der Waals surface area contributed by atoms with E-state index in [4.69, 9.17) is 11.6 Å². The zero-order valence-electron chi connectivity index (χ0n) is 16.2. The highest BCUT2D eigenvalue weighted by Crippen LogP contribution is 2.38. The Labute approximate surface area is 175 Å². The first-order chi connectivity index (χ1) is 13.7.